The van der Waals surface area contributed by atoms with Gasteiger partial charge in [-0.05, 0) is 48.1 Å². The molecule has 0 bridgehead atoms. The van der Waals surface area contributed by atoms with Gasteiger partial charge in [-0.3, -0.25) is 10.1 Å². The number of carbonyl (C=O) groups is 1. The van der Waals surface area contributed by atoms with E-state index in [1.165, 1.54) is 6.26 Å². The van der Waals surface area contributed by atoms with Crippen LogP contribution in [-0.4, -0.2) is 25.7 Å². The molecule has 142 valence electrons. The van der Waals surface area contributed by atoms with E-state index in [1.54, 1.807) is 42.5 Å². The van der Waals surface area contributed by atoms with Gasteiger partial charge in [-0.1, -0.05) is 48.5 Å². The summed E-state index contributed by atoms with van der Waals surface area (Å²) in [5, 5.41) is 5.82. The first-order valence-corrected chi connectivity index (χ1v) is 10.7. The lowest BCUT2D eigenvalue weighted by Crippen LogP contribution is -2.34. The summed E-state index contributed by atoms with van der Waals surface area (Å²) >= 11 is 5.27. The fraction of sp³-hybridized carbons (Fsp3) is 0.0476. The van der Waals surface area contributed by atoms with Crippen LogP contribution >= 0.6 is 12.2 Å². The number of nitrogens with one attached hydrogen (secondary N) is 2. The third kappa shape index (κ3) is 4.82. The summed E-state index contributed by atoms with van der Waals surface area (Å²) in [7, 11) is -3.32. The average molecular weight is 411 g/mol. The first-order chi connectivity index (χ1) is 13.3. The monoisotopic (exact) mass is 410 g/mol. The summed E-state index contributed by atoms with van der Waals surface area (Å²) < 4.78 is 23.7. The quantitative estimate of drug-likeness (QED) is 0.639. The molecular formula is C21H18N2O3S2. The highest BCUT2D eigenvalue weighted by Gasteiger charge is 2.12. The Morgan fingerprint density at radius 2 is 1.57 bits per heavy atom. The number of amides is 1. The molecule has 0 aliphatic carbocycles. The highest BCUT2D eigenvalue weighted by molar-refractivity contribution is 7.90. The third-order valence-electron chi connectivity index (χ3n) is 4.01. The number of benzene rings is 3. The van der Waals surface area contributed by atoms with Crippen LogP contribution in [0.5, 0.6) is 0 Å². The van der Waals surface area contributed by atoms with Crippen LogP contribution in [0.3, 0.4) is 0 Å². The number of rotatable bonds is 4. The predicted molar refractivity (Wildman–Crippen MR) is 115 cm³/mol. The molecule has 1 amide bonds. The van der Waals surface area contributed by atoms with Crippen molar-refractivity contribution in [1.29, 1.82) is 0 Å². The lowest BCUT2D eigenvalue weighted by Gasteiger charge is -2.14. The Morgan fingerprint density at radius 3 is 2.29 bits per heavy atom. The average Bonchev–Trinajstić information content (AvgIpc) is 2.68. The predicted octanol–water partition coefficient (Wildman–Crippen LogP) is 3.88. The van der Waals surface area contributed by atoms with Crippen molar-refractivity contribution < 1.29 is 13.2 Å². The minimum absolute atomic E-state index is 0.153. The molecule has 5 nitrogen and oxygen atoms in total. The van der Waals surface area contributed by atoms with E-state index in [-0.39, 0.29) is 15.9 Å². The van der Waals surface area contributed by atoms with Crippen molar-refractivity contribution in [3.8, 4) is 11.1 Å². The normalized spacial score (nSPS) is 10.9. The van der Waals surface area contributed by atoms with Crippen LogP contribution in [0.4, 0.5) is 5.69 Å². The highest BCUT2D eigenvalue weighted by Crippen LogP contribution is 2.29. The Hall–Kier alpha value is -3.03. The Morgan fingerprint density at radius 1 is 0.893 bits per heavy atom. The van der Waals surface area contributed by atoms with Crippen LogP contribution in [0.1, 0.15) is 10.4 Å². The van der Waals surface area contributed by atoms with Gasteiger partial charge < -0.3 is 5.32 Å². The molecule has 3 aromatic carbocycles. The number of anilines is 1. The minimum atomic E-state index is -3.32. The highest BCUT2D eigenvalue weighted by atomic mass is 32.2. The second-order valence-electron chi connectivity index (χ2n) is 6.12. The smallest absolute Gasteiger partial charge is 0.257 e. The first kappa shape index (κ1) is 19.7. The summed E-state index contributed by atoms with van der Waals surface area (Å²) in [4.78, 5) is 12.5. The molecule has 3 aromatic rings. The summed E-state index contributed by atoms with van der Waals surface area (Å²) in [6.45, 7) is 0. The summed E-state index contributed by atoms with van der Waals surface area (Å²) in [6.07, 6.45) is 1.17. The molecule has 0 radical (unpaired) electrons. The van der Waals surface area contributed by atoms with Crippen molar-refractivity contribution in [2.45, 2.75) is 4.90 Å². The third-order valence-corrected chi connectivity index (χ3v) is 5.33. The Labute approximate surface area is 169 Å². The number of para-hydroxylation sites is 1. The summed E-state index contributed by atoms with van der Waals surface area (Å²) in [5.41, 5.74) is 2.65. The number of hydrogen-bond acceptors (Lipinski definition) is 4. The number of thiocarbonyl (C=S) groups is 1. The maximum absolute atomic E-state index is 12.2. The van der Waals surface area contributed by atoms with E-state index in [4.69, 9.17) is 12.2 Å². The van der Waals surface area contributed by atoms with Gasteiger partial charge in [-0.25, -0.2) is 8.42 Å². The molecule has 0 fully saturated rings. The van der Waals surface area contributed by atoms with Crippen molar-refractivity contribution in [3.05, 3.63) is 84.4 Å². The van der Waals surface area contributed by atoms with Gasteiger partial charge in [-0.2, -0.15) is 0 Å². The van der Waals surface area contributed by atoms with Crippen LogP contribution in [0.15, 0.2) is 83.8 Å². The van der Waals surface area contributed by atoms with Crippen LogP contribution in [0, 0.1) is 0 Å². The fourth-order valence-corrected chi connectivity index (χ4v) is 3.53. The van der Waals surface area contributed by atoms with E-state index in [1.807, 2.05) is 36.4 Å². The number of hydrogen-bond donors (Lipinski definition) is 2. The molecule has 28 heavy (non-hydrogen) atoms. The standard InChI is InChI=1S/C21H18N2O3S2/c1-28(25,26)17-11-7-10-16(14-17)18-12-5-6-13-19(18)22-21(27)23-20(24)15-8-3-2-4-9-15/h2-14H,1H3,(H2,22,23,24,27). The molecule has 0 aliphatic heterocycles. The van der Waals surface area contributed by atoms with Gasteiger partial charge in [0.05, 0.1) is 4.90 Å². The van der Waals surface area contributed by atoms with Crippen LogP contribution in [0.2, 0.25) is 0 Å². The van der Waals surface area contributed by atoms with Crippen LogP contribution in [-0.2, 0) is 9.84 Å². The van der Waals surface area contributed by atoms with Gasteiger partial charge in [-0.15, -0.1) is 0 Å². The minimum Gasteiger partial charge on any atom is -0.332 e. The van der Waals surface area contributed by atoms with Gasteiger partial charge in [0.25, 0.3) is 5.91 Å². The molecule has 0 atom stereocenters. The van der Waals surface area contributed by atoms with E-state index in [0.717, 1.165) is 11.1 Å². The summed E-state index contributed by atoms with van der Waals surface area (Å²) in [6, 6.07) is 22.8. The van der Waals surface area contributed by atoms with Crippen LogP contribution in [0.25, 0.3) is 11.1 Å². The molecule has 2 N–H and O–H groups in total. The van der Waals surface area contributed by atoms with Gasteiger partial charge in [0.2, 0.25) is 0 Å². The van der Waals surface area contributed by atoms with E-state index in [2.05, 4.69) is 10.6 Å². The van der Waals surface area contributed by atoms with Crippen LogP contribution < -0.4 is 10.6 Å². The Balaban J connectivity index is 1.83. The van der Waals surface area contributed by atoms with Gasteiger partial charge >= 0.3 is 0 Å². The van der Waals surface area contributed by atoms with E-state index < -0.39 is 9.84 Å². The largest absolute Gasteiger partial charge is 0.332 e. The SMILES string of the molecule is CS(=O)(=O)c1cccc(-c2ccccc2NC(=S)NC(=O)c2ccccc2)c1. The first-order valence-electron chi connectivity index (χ1n) is 8.41. The van der Waals surface area contributed by atoms with Gasteiger partial charge in [0, 0.05) is 23.1 Å². The van der Waals surface area contributed by atoms with E-state index >= 15 is 0 Å². The number of sulfone groups is 1. The zero-order valence-electron chi connectivity index (χ0n) is 15.0. The second-order valence-corrected chi connectivity index (χ2v) is 8.54. The molecule has 3 rings (SSSR count). The fourth-order valence-electron chi connectivity index (χ4n) is 2.66. The van der Waals surface area contributed by atoms with Crippen molar-refractivity contribution >= 4 is 38.8 Å². The van der Waals surface area contributed by atoms with Gasteiger partial charge in [0.1, 0.15) is 0 Å². The lowest BCUT2D eigenvalue weighted by molar-refractivity contribution is 0.0977. The Kier molecular flexibility index (Phi) is 5.87. The molecular weight excluding hydrogens is 392 g/mol. The van der Waals surface area contributed by atoms with E-state index in [9.17, 15) is 13.2 Å². The molecule has 0 unspecified atom stereocenters. The van der Waals surface area contributed by atoms with Crippen molar-refractivity contribution in [2.24, 2.45) is 0 Å². The van der Waals surface area contributed by atoms with Crippen molar-refractivity contribution in [3.63, 3.8) is 0 Å². The summed E-state index contributed by atoms with van der Waals surface area (Å²) in [5.74, 6) is -0.311. The molecule has 7 heteroatoms. The molecule has 0 spiro atoms. The second kappa shape index (κ2) is 8.33. The molecule has 0 saturated carbocycles. The topological polar surface area (TPSA) is 75.3 Å². The molecule has 0 aliphatic rings. The Bertz CT molecular complexity index is 1130. The molecule has 0 aromatic heterocycles. The molecule has 0 saturated heterocycles. The van der Waals surface area contributed by atoms with Crippen molar-refractivity contribution in [2.75, 3.05) is 11.6 Å². The van der Waals surface area contributed by atoms with E-state index in [0.29, 0.717) is 11.3 Å². The zero-order valence-corrected chi connectivity index (χ0v) is 16.7. The number of carbonyl (C=O) groups excluding carboxylic acids is 1. The zero-order chi connectivity index (χ0) is 20.1. The maximum Gasteiger partial charge on any atom is 0.257 e. The molecule has 0 heterocycles. The van der Waals surface area contributed by atoms with Gasteiger partial charge in [0.15, 0.2) is 14.9 Å². The van der Waals surface area contributed by atoms with Crippen molar-refractivity contribution in [1.82, 2.24) is 5.32 Å². The maximum atomic E-state index is 12.2. The lowest BCUT2D eigenvalue weighted by atomic mass is 10.0.